The molecule has 1 amide bonds. The van der Waals surface area contributed by atoms with Gasteiger partial charge in [0.25, 0.3) is 5.91 Å². The van der Waals surface area contributed by atoms with Crippen LogP contribution in [0.15, 0.2) is 48.5 Å². The SMILES string of the molecule is CC[C@@H](C)c1ccc(NC(=O)COc2cccc(C(C)=O)c2)cc1. The third kappa shape index (κ3) is 4.95. The van der Waals surface area contributed by atoms with Gasteiger partial charge in [-0.15, -0.1) is 0 Å². The smallest absolute Gasteiger partial charge is 0.262 e. The van der Waals surface area contributed by atoms with Crippen LogP contribution in [-0.2, 0) is 4.79 Å². The van der Waals surface area contributed by atoms with Gasteiger partial charge in [-0.05, 0) is 49.1 Å². The van der Waals surface area contributed by atoms with Crippen molar-refractivity contribution in [3.8, 4) is 5.75 Å². The number of benzene rings is 2. The van der Waals surface area contributed by atoms with Crippen LogP contribution in [0.5, 0.6) is 5.75 Å². The maximum atomic E-state index is 12.0. The first-order valence-electron chi connectivity index (χ1n) is 8.13. The number of hydrogen-bond donors (Lipinski definition) is 1. The molecule has 0 heterocycles. The Hall–Kier alpha value is -2.62. The molecule has 0 spiro atoms. The number of ether oxygens (including phenoxy) is 1. The Morgan fingerprint density at radius 2 is 1.83 bits per heavy atom. The van der Waals surface area contributed by atoms with Crippen LogP contribution < -0.4 is 10.1 Å². The van der Waals surface area contributed by atoms with Gasteiger partial charge in [-0.3, -0.25) is 9.59 Å². The molecule has 0 aliphatic rings. The number of carbonyl (C=O) groups excluding carboxylic acids is 2. The number of anilines is 1. The Kier molecular flexibility index (Phi) is 6.13. The molecular weight excluding hydrogens is 302 g/mol. The first-order chi connectivity index (χ1) is 11.5. The number of hydrogen-bond acceptors (Lipinski definition) is 3. The highest BCUT2D eigenvalue weighted by Crippen LogP contribution is 2.20. The predicted molar refractivity (Wildman–Crippen MR) is 95.7 cm³/mol. The van der Waals surface area contributed by atoms with Gasteiger partial charge in [0.2, 0.25) is 0 Å². The number of Topliss-reactive ketones (excluding diaryl/α,β-unsaturated/α-hetero) is 1. The van der Waals surface area contributed by atoms with E-state index < -0.39 is 0 Å². The van der Waals surface area contributed by atoms with Crippen LogP contribution in [0.3, 0.4) is 0 Å². The zero-order valence-corrected chi connectivity index (χ0v) is 14.3. The van der Waals surface area contributed by atoms with Crippen LogP contribution >= 0.6 is 0 Å². The molecule has 4 nitrogen and oxygen atoms in total. The Morgan fingerprint density at radius 3 is 2.46 bits per heavy atom. The molecule has 0 fully saturated rings. The van der Waals surface area contributed by atoms with Crippen molar-refractivity contribution in [3.05, 3.63) is 59.7 Å². The van der Waals surface area contributed by atoms with Crippen molar-refractivity contribution < 1.29 is 14.3 Å². The quantitative estimate of drug-likeness (QED) is 0.767. The van der Waals surface area contributed by atoms with Crippen molar-refractivity contribution in [2.24, 2.45) is 0 Å². The number of ketones is 1. The van der Waals surface area contributed by atoms with Gasteiger partial charge in [-0.2, -0.15) is 0 Å². The van der Waals surface area contributed by atoms with Gasteiger partial charge in [0, 0.05) is 11.3 Å². The fraction of sp³-hybridized carbons (Fsp3) is 0.300. The molecule has 0 aliphatic carbocycles. The van der Waals surface area contributed by atoms with Gasteiger partial charge in [0.15, 0.2) is 12.4 Å². The summed E-state index contributed by atoms with van der Waals surface area (Å²) in [6, 6.07) is 14.7. The summed E-state index contributed by atoms with van der Waals surface area (Å²) >= 11 is 0. The Balaban J connectivity index is 1.89. The summed E-state index contributed by atoms with van der Waals surface area (Å²) in [4.78, 5) is 23.3. The molecule has 126 valence electrons. The molecule has 0 aliphatic heterocycles. The molecule has 0 radical (unpaired) electrons. The highest BCUT2D eigenvalue weighted by molar-refractivity contribution is 5.94. The topological polar surface area (TPSA) is 55.4 Å². The average molecular weight is 325 g/mol. The van der Waals surface area contributed by atoms with Crippen LogP contribution in [0.1, 0.15) is 49.0 Å². The monoisotopic (exact) mass is 325 g/mol. The van der Waals surface area contributed by atoms with E-state index in [9.17, 15) is 9.59 Å². The lowest BCUT2D eigenvalue weighted by atomic mass is 9.99. The summed E-state index contributed by atoms with van der Waals surface area (Å²) in [6.07, 6.45) is 1.08. The van der Waals surface area contributed by atoms with Gasteiger partial charge in [-0.25, -0.2) is 0 Å². The zero-order chi connectivity index (χ0) is 17.5. The second-order valence-corrected chi connectivity index (χ2v) is 5.85. The van der Waals surface area contributed by atoms with Gasteiger partial charge < -0.3 is 10.1 Å². The minimum Gasteiger partial charge on any atom is -0.484 e. The van der Waals surface area contributed by atoms with E-state index in [0.29, 0.717) is 17.2 Å². The average Bonchev–Trinajstić information content (AvgIpc) is 2.60. The number of carbonyl (C=O) groups is 2. The van der Waals surface area contributed by atoms with Crippen LogP contribution in [0.4, 0.5) is 5.69 Å². The van der Waals surface area contributed by atoms with E-state index in [2.05, 4.69) is 19.2 Å². The molecule has 1 atom stereocenters. The van der Waals surface area contributed by atoms with Crippen molar-refractivity contribution in [2.75, 3.05) is 11.9 Å². The van der Waals surface area contributed by atoms with E-state index in [-0.39, 0.29) is 18.3 Å². The van der Waals surface area contributed by atoms with Crippen molar-refractivity contribution >= 4 is 17.4 Å². The first kappa shape index (κ1) is 17.7. The number of rotatable bonds is 7. The summed E-state index contributed by atoms with van der Waals surface area (Å²) in [5, 5.41) is 2.80. The maximum Gasteiger partial charge on any atom is 0.262 e. The lowest BCUT2D eigenvalue weighted by Crippen LogP contribution is -2.20. The Labute approximate surface area is 142 Å². The number of amides is 1. The zero-order valence-electron chi connectivity index (χ0n) is 14.3. The fourth-order valence-electron chi connectivity index (χ4n) is 2.28. The second-order valence-electron chi connectivity index (χ2n) is 5.85. The minimum absolute atomic E-state index is 0.0358. The largest absolute Gasteiger partial charge is 0.484 e. The Bertz CT molecular complexity index is 707. The second kappa shape index (κ2) is 8.29. The van der Waals surface area contributed by atoms with E-state index in [1.165, 1.54) is 12.5 Å². The summed E-state index contributed by atoms with van der Waals surface area (Å²) in [5.74, 6) is 0.738. The van der Waals surface area contributed by atoms with E-state index in [1.807, 2.05) is 24.3 Å². The number of nitrogens with one attached hydrogen (secondary N) is 1. The summed E-state index contributed by atoms with van der Waals surface area (Å²) in [7, 11) is 0. The molecule has 4 heteroatoms. The van der Waals surface area contributed by atoms with Crippen molar-refractivity contribution in [1.29, 1.82) is 0 Å². The molecule has 2 aromatic rings. The van der Waals surface area contributed by atoms with E-state index in [4.69, 9.17) is 4.74 Å². The fourth-order valence-corrected chi connectivity index (χ4v) is 2.28. The van der Waals surface area contributed by atoms with Crippen LogP contribution in [-0.4, -0.2) is 18.3 Å². The third-order valence-corrected chi connectivity index (χ3v) is 3.99. The molecule has 0 aromatic heterocycles. The molecule has 2 rings (SSSR count). The van der Waals surface area contributed by atoms with Crippen LogP contribution in [0.2, 0.25) is 0 Å². The van der Waals surface area contributed by atoms with Gasteiger partial charge in [-0.1, -0.05) is 38.1 Å². The van der Waals surface area contributed by atoms with Crippen LogP contribution in [0, 0.1) is 0 Å². The highest BCUT2D eigenvalue weighted by atomic mass is 16.5. The highest BCUT2D eigenvalue weighted by Gasteiger charge is 2.07. The minimum atomic E-state index is -0.237. The van der Waals surface area contributed by atoms with Gasteiger partial charge >= 0.3 is 0 Å². The van der Waals surface area contributed by atoms with Crippen molar-refractivity contribution in [2.45, 2.75) is 33.1 Å². The molecule has 24 heavy (non-hydrogen) atoms. The summed E-state index contributed by atoms with van der Waals surface area (Å²) < 4.78 is 5.45. The van der Waals surface area contributed by atoms with Crippen LogP contribution in [0.25, 0.3) is 0 Å². The predicted octanol–water partition coefficient (Wildman–Crippen LogP) is 4.42. The van der Waals surface area contributed by atoms with Crippen molar-refractivity contribution in [1.82, 2.24) is 0 Å². The Morgan fingerprint density at radius 1 is 1.12 bits per heavy atom. The maximum absolute atomic E-state index is 12.0. The molecule has 1 N–H and O–H groups in total. The first-order valence-corrected chi connectivity index (χ1v) is 8.13. The molecule has 0 unspecified atom stereocenters. The third-order valence-electron chi connectivity index (χ3n) is 3.99. The lowest BCUT2D eigenvalue weighted by molar-refractivity contribution is -0.118. The molecule has 0 saturated heterocycles. The van der Waals surface area contributed by atoms with E-state index in [0.717, 1.165) is 12.1 Å². The molecule has 0 saturated carbocycles. The van der Waals surface area contributed by atoms with Gasteiger partial charge in [0.05, 0.1) is 0 Å². The standard InChI is InChI=1S/C20H23NO3/c1-4-14(2)16-8-10-18(11-9-16)21-20(23)13-24-19-7-5-6-17(12-19)15(3)22/h5-12,14H,4,13H2,1-3H3,(H,21,23)/t14-/m1/s1. The van der Waals surface area contributed by atoms with Gasteiger partial charge in [0.1, 0.15) is 5.75 Å². The van der Waals surface area contributed by atoms with E-state index in [1.54, 1.807) is 24.3 Å². The molecule has 2 aromatic carbocycles. The normalized spacial score (nSPS) is 11.6. The molecular formula is C20H23NO3. The lowest BCUT2D eigenvalue weighted by Gasteiger charge is -2.11. The summed E-state index contributed by atoms with van der Waals surface area (Å²) in [5.41, 5.74) is 2.56. The summed E-state index contributed by atoms with van der Waals surface area (Å²) in [6.45, 7) is 5.72. The van der Waals surface area contributed by atoms with E-state index >= 15 is 0 Å². The molecule has 0 bridgehead atoms. The van der Waals surface area contributed by atoms with Crippen molar-refractivity contribution in [3.63, 3.8) is 0 Å².